The molecule has 116 valence electrons. The largest absolute Gasteiger partial charge is 0.497 e. The van der Waals surface area contributed by atoms with Crippen LogP contribution >= 0.6 is 0 Å². The summed E-state index contributed by atoms with van der Waals surface area (Å²) >= 11 is 0. The van der Waals surface area contributed by atoms with Gasteiger partial charge in [0.25, 0.3) is 0 Å². The van der Waals surface area contributed by atoms with Gasteiger partial charge in [-0.2, -0.15) is 0 Å². The summed E-state index contributed by atoms with van der Waals surface area (Å²) in [5.74, 6) is 0.242. The lowest BCUT2D eigenvalue weighted by molar-refractivity contribution is 0.300. The second kappa shape index (κ2) is 7.81. The van der Waals surface area contributed by atoms with Gasteiger partial charge in [0.05, 0.1) is 7.11 Å². The van der Waals surface area contributed by atoms with Crippen LogP contribution in [0.25, 0.3) is 5.70 Å². The molecule has 0 spiro atoms. The van der Waals surface area contributed by atoms with E-state index in [1.807, 2.05) is 6.08 Å². The summed E-state index contributed by atoms with van der Waals surface area (Å²) in [5, 5.41) is 2.92. The Morgan fingerprint density at radius 3 is 2.38 bits per heavy atom. The molecule has 0 aliphatic heterocycles. The van der Waals surface area contributed by atoms with E-state index >= 15 is 0 Å². The van der Waals surface area contributed by atoms with Crippen molar-refractivity contribution in [1.29, 1.82) is 0 Å². The van der Waals surface area contributed by atoms with Crippen molar-refractivity contribution in [2.24, 2.45) is 11.8 Å². The van der Waals surface area contributed by atoms with Crippen molar-refractivity contribution in [2.45, 2.75) is 20.8 Å². The molecule has 0 radical (unpaired) electrons. The van der Waals surface area contributed by atoms with Crippen LogP contribution in [-0.4, -0.2) is 14.2 Å². The number of methoxy groups -OCH3 is 1. The van der Waals surface area contributed by atoms with Crippen LogP contribution in [-0.2, 0) is 4.74 Å². The van der Waals surface area contributed by atoms with Gasteiger partial charge in [0, 0.05) is 30.5 Å². The number of nitrogens with one attached hydrogen (secondary N) is 1. The molecule has 0 saturated heterocycles. The van der Waals surface area contributed by atoms with E-state index in [-0.39, 0.29) is 0 Å². The summed E-state index contributed by atoms with van der Waals surface area (Å²) in [6, 6.07) is 3.51. The summed E-state index contributed by atoms with van der Waals surface area (Å²) in [7, 11) is 3.26. The summed E-state index contributed by atoms with van der Waals surface area (Å²) in [6.07, 6.45) is 3.71. The first kappa shape index (κ1) is 17.2. The average molecular weight is 295 g/mol. The maximum absolute atomic E-state index is 13.9. The quantitative estimate of drug-likeness (QED) is 0.622. The van der Waals surface area contributed by atoms with Crippen LogP contribution in [0.3, 0.4) is 0 Å². The van der Waals surface area contributed by atoms with Crippen LogP contribution < -0.4 is 5.32 Å². The van der Waals surface area contributed by atoms with Gasteiger partial charge in [-0.05, 0) is 30.0 Å². The fraction of sp³-hybridized carbons (Fsp3) is 0.412. The number of halogens is 2. The van der Waals surface area contributed by atoms with Crippen LogP contribution in [0.15, 0.2) is 36.1 Å². The first-order valence-electron chi connectivity index (χ1n) is 6.99. The van der Waals surface area contributed by atoms with Crippen molar-refractivity contribution < 1.29 is 13.5 Å². The number of ether oxygens (including phenoxy) is 1. The molecule has 0 aliphatic rings. The zero-order valence-electron chi connectivity index (χ0n) is 13.2. The van der Waals surface area contributed by atoms with E-state index in [9.17, 15) is 8.78 Å². The Bertz CT molecular complexity index is 536. The zero-order valence-corrected chi connectivity index (χ0v) is 13.2. The van der Waals surface area contributed by atoms with Crippen LogP contribution in [0, 0.1) is 23.5 Å². The van der Waals surface area contributed by atoms with Crippen LogP contribution in [0.2, 0.25) is 0 Å². The lowest BCUT2D eigenvalue weighted by atomic mass is 9.97. The minimum Gasteiger partial charge on any atom is -0.497 e. The predicted molar refractivity (Wildman–Crippen MR) is 82.5 cm³/mol. The molecule has 1 aromatic carbocycles. The second-order valence-corrected chi connectivity index (χ2v) is 5.31. The zero-order chi connectivity index (χ0) is 16.0. The van der Waals surface area contributed by atoms with E-state index < -0.39 is 11.6 Å². The van der Waals surface area contributed by atoms with Crippen molar-refractivity contribution in [2.75, 3.05) is 14.2 Å². The molecule has 0 aliphatic carbocycles. The Morgan fingerprint density at radius 2 is 1.90 bits per heavy atom. The van der Waals surface area contributed by atoms with E-state index in [0.717, 1.165) is 6.07 Å². The van der Waals surface area contributed by atoms with Gasteiger partial charge < -0.3 is 10.1 Å². The van der Waals surface area contributed by atoms with Crippen molar-refractivity contribution >= 4 is 5.70 Å². The molecule has 1 unspecified atom stereocenters. The molecule has 1 aromatic rings. The monoisotopic (exact) mass is 295 g/mol. The van der Waals surface area contributed by atoms with E-state index in [2.05, 4.69) is 26.1 Å². The molecule has 1 atom stereocenters. The first-order chi connectivity index (χ1) is 9.88. The summed E-state index contributed by atoms with van der Waals surface area (Å²) < 4.78 is 32.2. The van der Waals surface area contributed by atoms with Gasteiger partial charge in [-0.15, -0.1) is 0 Å². The molecule has 0 aromatic heterocycles. The molecule has 0 amide bonds. The van der Waals surface area contributed by atoms with Crippen molar-refractivity contribution in [3.05, 3.63) is 53.3 Å². The third-order valence-electron chi connectivity index (χ3n) is 3.49. The highest BCUT2D eigenvalue weighted by molar-refractivity contribution is 5.66. The normalized spacial score (nSPS) is 14.3. The summed E-state index contributed by atoms with van der Waals surface area (Å²) in [5.41, 5.74) is 0.843. The summed E-state index contributed by atoms with van der Waals surface area (Å²) in [4.78, 5) is 0. The topological polar surface area (TPSA) is 21.3 Å². The Hall–Kier alpha value is -1.84. The third kappa shape index (κ3) is 4.88. The highest BCUT2D eigenvalue weighted by Gasteiger charge is 2.10. The van der Waals surface area contributed by atoms with E-state index in [0.29, 0.717) is 28.9 Å². The second-order valence-electron chi connectivity index (χ2n) is 5.31. The van der Waals surface area contributed by atoms with Gasteiger partial charge in [-0.25, -0.2) is 8.78 Å². The molecule has 2 nitrogen and oxygen atoms in total. The number of rotatable bonds is 6. The van der Waals surface area contributed by atoms with Crippen LogP contribution in [0.5, 0.6) is 0 Å². The molecule has 0 saturated carbocycles. The number of benzene rings is 1. The SMILES string of the molecule is CN/C(=C\C(=C/C(C)C(C)C)OC)c1ccc(F)cc1F. The number of hydrogen-bond acceptors (Lipinski definition) is 2. The van der Waals surface area contributed by atoms with Gasteiger partial charge in [0.1, 0.15) is 17.4 Å². The van der Waals surface area contributed by atoms with Crippen LogP contribution in [0.1, 0.15) is 26.3 Å². The molecular formula is C17H23F2NO. The van der Waals surface area contributed by atoms with Gasteiger partial charge in [0.15, 0.2) is 0 Å². The van der Waals surface area contributed by atoms with Gasteiger partial charge in [-0.1, -0.05) is 20.8 Å². The fourth-order valence-corrected chi connectivity index (χ4v) is 1.76. The predicted octanol–water partition coefficient (Wildman–Crippen LogP) is 4.35. The van der Waals surface area contributed by atoms with E-state index in [1.54, 1.807) is 20.2 Å². The molecular weight excluding hydrogens is 272 g/mol. The summed E-state index contributed by atoms with van der Waals surface area (Å²) in [6.45, 7) is 6.34. The van der Waals surface area contributed by atoms with E-state index in [1.165, 1.54) is 12.1 Å². The molecule has 0 heterocycles. The van der Waals surface area contributed by atoms with Gasteiger partial charge in [-0.3, -0.25) is 0 Å². The molecule has 1 rings (SSSR count). The molecule has 0 fully saturated rings. The maximum atomic E-state index is 13.9. The third-order valence-corrected chi connectivity index (χ3v) is 3.49. The minimum absolute atomic E-state index is 0.305. The lowest BCUT2D eigenvalue weighted by Crippen LogP contribution is -2.08. The van der Waals surface area contributed by atoms with Gasteiger partial charge in [0.2, 0.25) is 0 Å². The molecule has 0 bridgehead atoms. The number of hydrogen-bond donors (Lipinski definition) is 1. The molecule has 21 heavy (non-hydrogen) atoms. The Morgan fingerprint density at radius 1 is 1.24 bits per heavy atom. The van der Waals surface area contributed by atoms with Crippen molar-refractivity contribution in [3.8, 4) is 0 Å². The first-order valence-corrected chi connectivity index (χ1v) is 6.99. The Kier molecular flexibility index (Phi) is 6.40. The smallest absolute Gasteiger partial charge is 0.135 e. The van der Waals surface area contributed by atoms with Crippen molar-refractivity contribution in [1.82, 2.24) is 5.32 Å². The highest BCUT2D eigenvalue weighted by atomic mass is 19.1. The van der Waals surface area contributed by atoms with Crippen molar-refractivity contribution in [3.63, 3.8) is 0 Å². The number of allylic oxidation sites excluding steroid dienone is 2. The fourth-order valence-electron chi connectivity index (χ4n) is 1.76. The lowest BCUT2D eigenvalue weighted by Gasteiger charge is -2.14. The molecule has 4 heteroatoms. The average Bonchev–Trinajstić information content (AvgIpc) is 2.43. The Labute approximate surface area is 125 Å². The highest BCUT2D eigenvalue weighted by Crippen LogP contribution is 2.21. The molecule has 1 N–H and O–H groups in total. The standard InChI is InChI=1S/C17H23F2NO/c1-11(2)12(3)8-14(21-5)10-17(20-4)15-7-6-13(18)9-16(15)19/h6-12,20H,1-5H3/b14-8+,17-10-. The van der Waals surface area contributed by atoms with E-state index in [4.69, 9.17) is 4.74 Å². The minimum atomic E-state index is -0.608. The Balaban J connectivity index is 3.17. The maximum Gasteiger partial charge on any atom is 0.135 e. The van der Waals surface area contributed by atoms with Gasteiger partial charge >= 0.3 is 0 Å². The van der Waals surface area contributed by atoms with Crippen LogP contribution in [0.4, 0.5) is 8.78 Å².